The van der Waals surface area contributed by atoms with Gasteiger partial charge in [-0.2, -0.15) is 0 Å². The summed E-state index contributed by atoms with van der Waals surface area (Å²) in [5, 5.41) is 20.8. The lowest BCUT2D eigenvalue weighted by Gasteiger charge is -2.32. The van der Waals surface area contributed by atoms with Crippen LogP contribution >= 0.6 is 0 Å². The van der Waals surface area contributed by atoms with Gasteiger partial charge in [0.1, 0.15) is 6.04 Å². The Hall–Kier alpha value is -2.45. The summed E-state index contributed by atoms with van der Waals surface area (Å²) in [6, 6.07) is 8.52. The van der Waals surface area contributed by atoms with Gasteiger partial charge in [0.25, 0.3) is 0 Å². The zero-order chi connectivity index (χ0) is 30.3. The number of carbonyl (C=O) groups excluding carboxylic acids is 3. The molecule has 42 heavy (non-hydrogen) atoms. The summed E-state index contributed by atoms with van der Waals surface area (Å²) in [6.45, 7) is 6.56. The van der Waals surface area contributed by atoms with Crippen molar-refractivity contribution in [3.8, 4) is 0 Å². The highest BCUT2D eigenvalue weighted by atomic mass is 16.5. The third kappa shape index (κ3) is 11.7. The average molecular weight is 586 g/mol. The zero-order valence-corrected chi connectivity index (χ0v) is 26.1. The highest BCUT2D eigenvalue weighted by Gasteiger charge is 2.31. The van der Waals surface area contributed by atoms with Crippen molar-refractivity contribution in [1.29, 1.82) is 0 Å². The molecule has 2 fully saturated rings. The normalized spacial score (nSPS) is 20.1. The first-order valence-electron chi connectivity index (χ1n) is 16.4. The van der Waals surface area contributed by atoms with Crippen LogP contribution in [-0.2, 0) is 25.5 Å². The Labute approximate surface area is 253 Å². The summed E-state index contributed by atoms with van der Waals surface area (Å²) in [5.74, 6) is 0.106. The van der Waals surface area contributed by atoms with E-state index in [-0.39, 0.29) is 35.6 Å². The average Bonchev–Trinajstić information content (AvgIpc) is 3.00. The van der Waals surface area contributed by atoms with Crippen molar-refractivity contribution in [2.75, 3.05) is 13.2 Å². The van der Waals surface area contributed by atoms with Crippen molar-refractivity contribution < 1.29 is 24.2 Å². The minimum Gasteiger partial charge on any atom is -0.391 e. The van der Waals surface area contributed by atoms with E-state index in [1.807, 2.05) is 44.2 Å². The number of rotatable bonds is 16. The quantitative estimate of drug-likeness (QED) is 0.225. The molecule has 0 radical (unpaired) electrons. The fraction of sp³-hybridized carbons (Fsp3) is 0.735. The molecular formula is C34H55N3O5. The molecular weight excluding hydrogens is 530 g/mol. The molecule has 4 N–H and O–H groups in total. The molecule has 0 aromatic heterocycles. The molecule has 3 unspecified atom stereocenters. The van der Waals surface area contributed by atoms with E-state index < -0.39 is 18.2 Å². The summed E-state index contributed by atoms with van der Waals surface area (Å²) in [5.41, 5.74) is 1.04. The second-order valence-electron chi connectivity index (χ2n) is 12.7. The molecule has 1 aromatic rings. The van der Waals surface area contributed by atoms with Gasteiger partial charge in [-0.05, 0) is 49.5 Å². The van der Waals surface area contributed by atoms with Crippen LogP contribution in [0.5, 0.6) is 0 Å². The maximum absolute atomic E-state index is 13.5. The van der Waals surface area contributed by atoms with E-state index in [0.717, 1.165) is 37.2 Å². The topological polar surface area (TPSA) is 117 Å². The summed E-state index contributed by atoms with van der Waals surface area (Å²) in [6.07, 6.45) is 11.4. The fourth-order valence-corrected chi connectivity index (χ4v) is 6.46. The number of amides is 3. The van der Waals surface area contributed by atoms with Gasteiger partial charge in [0.05, 0.1) is 12.1 Å². The Morgan fingerprint density at radius 1 is 0.976 bits per heavy atom. The number of hydrogen-bond acceptors (Lipinski definition) is 5. The van der Waals surface area contributed by atoms with Crippen LogP contribution in [0, 0.1) is 17.8 Å². The van der Waals surface area contributed by atoms with Gasteiger partial charge in [0, 0.05) is 32.1 Å². The number of aliphatic hydroxyl groups excluding tert-OH is 1. The molecule has 3 amide bonds. The third-order valence-corrected chi connectivity index (χ3v) is 9.30. The number of benzene rings is 1. The lowest BCUT2D eigenvalue weighted by molar-refractivity contribution is -0.130. The SMILES string of the molecule is CCC(C)[C@H](NC(C)=O)C(=O)NC(CCCC1CCCCC1)C[C@H](O)C(Cc1ccccc1)NC(=O)C1CCOCC1. The van der Waals surface area contributed by atoms with Crippen LogP contribution in [0.25, 0.3) is 0 Å². The largest absolute Gasteiger partial charge is 0.391 e. The van der Waals surface area contributed by atoms with Crippen molar-refractivity contribution in [2.24, 2.45) is 17.8 Å². The minimum absolute atomic E-state index is 0.0219. The van der Waals surface area contributed by atoms with E-state index in [4.69, 9.17) is 4.74 Å². The lowest BCUT2D eigenvalue weighted by atomic mass is 9.85. The molecule has 1 saturated heterocycles. The van der Waals surface area contributed by atoms with Gasteiger partial charge in [0.15, 0.2) is 0 Å². The zero-order valence-electron chi connectivity index (χ0n) is 26.1. The fourth-order valence-electron chi connectivity index (χ4n) is 6.46. The highest BCUT2D eigenvalue weighted by molar-refractivity contribution is 5.87. The second kappa shape index (κ2) is 18.3. The maximum Gasteiger partial charge on any atom is 0.243 e. The summed E-state index contributed by atoms with van der Waals surface area (Å²) in [4.78, 5) is 38.6. The highest BCUT2D eigenvalue weighted by Crippen LogP contribution is 2.28. The molecule has 8 heteroatoms. The Morgan fingerprint density at radius 2 is 1.67 bits per heavy atom. The van der Waals surface area contributed by atoms with Crippen molar-refractivity contribution >= 4 is 17.7 Å². The molecule has 1 aromatic carbocycles. The summed E-state index contributed by atoms with van der Waals surface area (Å²) >= 11 is 0. The van der Waals surface area contributed by atoms with Crippen LogP contribution in [0.3, 0.4) is 0 Å². The van der Waals surface area contributed by atoms with Gasteiger partial charge in [0.2, 0.25) is 17.7 Å². The molecule has 0 spiro atoms. The predicted molar refractivity (Wildman–Crippen MR) is 166 cm³/mol. The minimum atomic E-state index is -0.850. The molecule has 1 aliphatic heterocycles. The van der Waals surface area contributed by atoms with E-state index in [2.05, 4.69) is 16.0 Å². The van der Waals surface area contributed by atoms with Crippen molar-refractivity contribution in [2.45, 2.75) is 128 Å². The molecule has 1 heterocycles. The first-order valence-corrected chi connectivity index (χ1v) is 16.4. The Morgan fingerprint density at radius 3 is 2.31 bits per heavy atom. The molecule has 8 nitrogen and oxygen atoms in total. The Balaban J connectivity index is 1.73. The lowest BCUT2D eigenvalue weighted by Crippen LogP contribution is -2.54. The van der Waals surface area contributed by atoms with Crippen LogP contribution in [0.1, 0.15) is 103 Å². The van der Waals surface area contributed by atoms with Gasteiger partial charge in [-0.25, -0.2) is 0 Å². The molecule has 3 rings (SSSR count). The number of aliphatic hydroxyl groups is 1. The number of carbonyl (C=O) groups is 3. The third-order valence-electron chi connectivity index (χ3n) is 9.30. The number of ether oxygens (including phenoxy) is 1. The molecule has 236 valence electrons. The maximum atomic E-state index is 13.5. The molecule has 5 atom stereocenters. The van der Waals surface area contributed by atoms with Crippen molar-refractivity contribution in [1.82, 2.24) is 16.0 Å². The van der Waals surface area contributed by atoms with Crippen LogP contribution in [0.2, 0.25) is 0 Å². The standard InChI is InChI=1S/C34H55N3O5/c1-4-24(2)32(35-25(3)38)34(41)36-29(17-11-16-26-12-7-5-8-13-26)23-31(39)30(22-27-14-9-6-10-15-27)37-33(40)28-18-20-42-21-19-28/h6,9-10,14-15,24,26,28-32,39H,4-5,7-8,11-13,16-23H2,1-3H3,(H,35,38)(H,36,41)(H,37,40)/t24?,29?,30?,31-,32-/m0/s1. The van der Waals surface area contributed by atoms with Crippen LogP contribution in [0.15, 0.2) is 30.3 Å². The predicted octanol–water partition coefficient (Wildman–Crippen LogP) is 4.68. The smallest absolute Gasteiger partial charge is 0.243 e. The van der Waals surface area contributed by atoms with Crippen molar-refractivity contribution in [3.05, 3.63) is 35.9 Å². The Bertz CT molecular complexity index is 946. The van der Waals surface area contributed by atoms with Crippen LogP contribution in [0.4, 0.5) is 0 Å². The van der Waals surface area contributed by atoms with E-state index in [1.165, 1.54) is 39.0 Å². The summed E-state index contributed by atoms with van der Waals surface area (Å²) in [7, 11) is 0. The molecule has 0 bridgehead atoms. The first kappa shape index (κ1) is 34.0. The molecule has 1 saturated carbocycles. The van der Waals surface area contributed by atoms with Gasteiger partial charge >= 0.3 is 0 Å². The van der Waals surface area contributed by atoms with Gasteiger partial charge in [-0.15, -0.1) is 0 Å². The molecule has 2 aliphatic rings. The summed E-state index contributed by atoms with van der Waals surface area (Å²) < 4.78 is 5.44. The van der Waals surface area contributed by atoms with Gasteiger partial charge in [-0.1, -0.05) is 95.5 Å². The van der Waals surface area contributed by atoms with E-state index in [1.54, 1.807) is 0 Å². The van der Waals surface area contributed by atoms with Crippen molar-refractivity contribution in [3.63, 3.8) is 0 Å². The first-order chi connectivity index (χ1) is 20.3. The number of hydrogen-bond donors (Lipinski definition) is 4. The Kier molecular flexibility index (Phi) is 14.8. The monoisotopic (exact) mass is 585 g/mol. The second-order valence-corrected chi connectivity index (χ2v) is 12.7. The molecule has 1 aliphatic carbocycles. The van der Waals surface area contributed by atoms with E-state index in [9.17, 15) is 19.5 Å². The van der Waals surface area contributed by atoms with Gasteiger partial charge in [-0.3, -0.25) is 14.4 Å². The van der Waals surface area contributed by atoms with Crippen LogP contribution < -0.4 is 16.0 Å². The van der Waals surface area contributed by atoms with Crippen LogP contribution in [-0.4, -0.2) is 60.3 Å². The van der Waals surface area contributed by atoms with Gasteiger partial charge < -0.3 is 25.8 Å². The van der Waals surface area contributed by atoms with E-state index in [0.29, 0.717) is 38.9 Å². The number of nitrogens with one attached hydrogen (secondary N) is 3. The van der Waals surface area contributed by atoms with E-state index >= 15 is 0 Å².